The van der Waals surface area contributed by atoms with Crippen LogP contribution in [0.4, 0.5) is 5.95 Å². The maximum atomic E-state index is 12.5. The van der Waals surface area contributed by atoms with Crippen LogP contribution < -0.4 is 10.5 Å². The number of hydrogen-bond acceptors (Lipinski definition) is 6. The predicted octanol–water partition coefficient (Wildman–Crippen LogP) is 1.80. The maximum Gasteiger partial charge on any atom is 0.262 e. The third-order valence-corrected chi connectivity index (χ3v) is 5.18. The van der Waals surface area contributed by atoms with E-state index in [2.05, 4.69) is 31.8 Å². The molecule has 1 aliphatic rings. The summed E-state index contributed by atoms with van der Waals surface area (Å²) < 4.78 is 1.07. The molecular weight excluding hydrogens is 310 g/mol. The number of thiazole rings is 1. The molecule has 6 nitrogen and oxygen atoms in total. The van der Waals surface area contributed by atoms with Crippen LogP contribution in [0.25, 0.3) is 20.8 Å². The van der Waals surface area contributed by atoms with Crippen LogP contribution in [0.3, 0.4) is 0 Å². The fourth-order valence-corrected chi connectivity index (χ4v) is 3.68. The monoisotopic (exact) mass is 327 g/mol. The van der Waals surface area contributed by atoms with Crippen molar-refractivity contribution in [2.24, 2.45) is 0 Å². The first-order chi connectivity index (χ1) is 11.2. The fraction of sp³-hybridized carbons (Fsp3) is 0.312. The van der Waals surface area contributed by atoms with E-state index in [4.69, 9.17) is 0 Å². The molecule has 7 heteroatoms. The van der Waals surface area contributed by atoms with Gasteiger partial charge in [0.1, 0.15) is 5.01 Å². The standard InChI is InChI=1S/C16H17N5OS/c1-20-6-8-21(9-7-20)16-17-10-11(14(22)19-16)15-18-12-4-2-3-5-13(12)23-15/h2-5,10H,6-9H2,1H3,(H,17,19,22). The highest BCUT2D eigenvalue weighted by Gasteiger charge is 2.17. The summed E-state index contributed by atoms with van der Waals surface area (Å²) in [6.45, 7) is 3.70. The van der Waals surface area contributed by atoms with E-state index in [-0.39, 0.29) is 5.56 Å². The lowest BCUT2D eigenvalue weighted by atomic mass is 10.3. The van der Waals surface area contributed by atoms with Gasteiger partial charge >= 0.3 is 0 Å². The number of fused-ring (bicyclic) bond motifs is 1. The van der Waals surface area contributed by atoms with Crippen molar-refractivity contribution >= 4 is 27.5 Å². The van der Waals surface area contributed by atoms with Crippen LogP contribution in [-0.2, 0) is 0 Å². The molecule has 0 radical (unpaired) electrons. The van der Waals surface area contributed by atoms with Gasteiger partial charge in [-0.25, -0.2) is 9.97 Å². The Hall–Kier alpha value is -2.25. The Kier molecular flexibility index (Phi) is 3.59. The SMILES string of the molecule is CN1CCN(c2ncc(-c3nc4ccccc4s3)c(=O)[nH]2)CC1. The number of hydrogen-bond donors (Lipinski definition) is 1. The molecule has 3 heterocycles. The number of piperazine rings is 1. The minimum absolute atomic E-state index is 0.131. The Morgan fingerprint density at radius 2 is 1.96 bits per heavy atom. The van der Waals surface area contributed by atoms with Crippen LogP contribution in [-0.4, -0.2) is 53.1 Å². The lowest BCUT2D eigenvalue weighted by Crippen LogP contribution is -2.45. The van der Waals surface area contributed by atoms with Crippen LogP contribution in [0.1, 0.15) is 0 Å². The predicted molar refractivity (Wildman–Crippen MR) is 93.2 cm³/mol. The first-order valence-corrected chi connectivity index (χ1v) is 8.41. The molecule has 118 valence electrons. The van der Waals surface area contributed by atoms with E-state index in [0.717, 1.165) is 36.4 Å². The van der Waals surface area contributed by atoms with Crippen molar-refractivity contribution in [2.75, 3.05) is 38.1 Å². The van der Waals surface area contributed by atoms with Crippen LogP contribution in [0.5, 0.6) is 0 Å². The largest absolute Gasteiger partial charge is 0.340 e. The first kappa shape index (κ1) is 14.3. The van der Waals surface area contributed by atoms with Gasteiger partial charge in [-0.05, 0) is 19.2 Å². The summed E-state index contributed by atoms with van der Waals surface area (Å²) in [7, 11) is 2.10. The summed E-state index contributed by atoms with van der Waals surface area (Å²) in [5.74, 6) is 0.646. The van der Waals surface area contributed by atoms with Crippen molar-refractivity contribution in [1.29, 1.82) is 0 Å². The molecule has 0 amide bonds. The smallest absolute Gasteiger partial charge is 0.262 e. The minimum atomic E-state index is -0.131. The number of H-pyrrole nitrogens is 1. The summed E-state index contributed by atoms with van der Waals surface area (Å²) in [4.78, 5) is 28.7. The number of nitrogens with zero attached hydrogens (tertiary/aromatic N) is 4. The molecule has 0 unspecified atom stereocenters. The summed E-state index contributed by atoms with van der Waals surface area (Å²) in [5, 5.41) is 0.713. The molecule has 0 spiro atoms. The third-order valence-electron chi connectivity index (χ3n) is 4.11. The summed E-state index contributed by atoms with van der Waals surface area (Å²) >= 11 is 1.51. The second-order valence-corrected chi connectivity index (χ2v) is 6.76. The Morgan fingerprint density at radius 1 is 1.17 bits per heavy atom. The average Bonchev–Trinajstić information content (AvgIpc) is 2.99. The van der Waals surface area contributed by atoms with Gasteiger partial charge in [0.05, 0.1) is 15.8 Å². The number of rotatable bonds is 2. The van der Waals surface area contributed by atoms with Crippen molar-refractivity contribution in [1.82, 2.24) is 19.9 Å². The summed E-state index contributed by atoms with van der Waals surface area (Å²) in [6.07, 6.45) is 1.64. The second kappa shape index (κ2) is 5.75. The second-order valence-electron chi connectivity index (χ2n) is 5.73. The van der Waals surface area contributed by atoms with Gasteiger partial charge in [0.2, 0.25) is 5.95 Å². The molecule has 1 aromatic carbocycles. The Balaban J connectivity index is 1.67. The zero-order valence-electron chi connectivity index (χ0n) is 12.8. The number of anilines is 1. The number of likely N-dealkylation sites (N-methyl/N-ethyl adjacent to an activating group) is 1. The number of aromatic amines is 1. The molecule has 1 saturated heterocycles. The van der Waals surface area contributed by atoms with Gasteiger partial charge in [-0.15, -0.1) is 11.3 Å². The lowest BCUT2D eigenvalue weighted by Gasteiger charge is -2.32. The van der Waals surface area contributed by atoms with Crippen LogP contribution >= 0.6 is 11.3 Å². The number of para-hydroxylation sites is 1. The van der Waals surface area contributed by atoms with Gasteiger partial charge in [-0.3, -0.25) is 9.78 Å². The maximum absolute atomic E-state index is 12.5. The quantitative estimate of drug-likeness (QED) is 0.777. The van der Waals surface area contributed by atoms with Crippen molar-refractivity contribution < 1.29 is 0 Å². The Labute approximate surface area is 137 Å². The van der Waals surface area contributed by atoms with Gasteiger partial charge in [0.25, 0.3) is 5.56 Å². The molecule has 3 aromatic rings. The molecule has 1 fully saturated rings. The van der Waals surface area contributed by atoms with Crippen LogP contribution in [0, 0.1) is 0 Å². The van der Waals surface area contributed by atoms with Gasteiger partial charge in [0, 0.05) is 32.4 Å². The Bertz CT molecular complexity index is 862. The molecular formula is C16H17N5OS. The first-order valence-electron chi connectivity index (χ1n) is 7.59. The van der Waals surface area contributed by atoms with Gasteiger partial charge < -0.3 is 9.80 Å². The molecule has 1 aliphatic heterocycles. The van der Waals surface area contributed by atoms with E-state index >= 15 is 0 Å². The molecule has 23 heavy (non-hydrogen) atoms. The van der Waals surface area contributed by atoms with Crippen molar-refractivity contribution in [3.63, 3.8) is 0 Å². The highest BCUT2D eigenvalue weighted by Crippen LogP contribution is 2.27. The number of nitrogens with one attached hydrogen (secondary N) is 1. The van der Waals surface area contributed by atoms with Crippen LogP contribution in [0.2, 0.25) is 0 Å². The lowest BCUT2D eigenvalue weighted by molar-refractivity contribution is 0.311. The third kappa shape index (κ3) is 2.73. The van der Waals surface area contributed by atoms with E-state index < -0.39 is 0 Å². The van der Waals surface area contributed by atoms with E-state index in [0.29, 0.717) is 16.5 Å². The van der Waals surface area contributed by atoms with Crippen molar-refractivity contribution in [3.8, 4) is 10.6 Å². The van der Waals surface area contributed by atoms with Crippen LogP contribution in [0.15, 0.2) is 35.3 Å². The highest BCUT2D eigenvalue weighted by molar-refractivity contribution is 7.21. The van der Waals surface area contributed by atoms with Gasteiger partial charge in [-0.1, -0.05) is 12.1 Å². The topological polar surface area (TPSA) is 65.1 Å². The summed E-state index contributed by atoms with van der Waals surface area (Å²) in [6, 6.07) is 7.89. The molecule has 0 aliphatic carbocycles. The molecule has 1 N–H and O–H groups in total. The van der Waals surface area contributed by atoms with Crippen molar-refractivity contribution in [3.05, 3.63) is 40.8 Å². The minimum Gasteiger partial charge on any atom is -0.340 e. The Morgan fingerprint density at radius 3 is 2.70 bits per heavy atom. The van der Waals surface area contributed by atoms with Crippen molar-refractivity contribution in [2.45, 2.75) is 0 Å². The molecule has 0 atom stereocenters. The normalized spacial score (nSPS) is 16.1. The van der Waals surface area contributed by atoms with E-state index in [1.165, 1.54) is 11.3 Å². The molecule has 0 bridgehead atoms. The summed E-state index contributed by atoms with van der Waals surface area (Å²) in [5.41, 5.74) is 1.31. The average molecular weight is 327 g/mol. The number of benzene rings is 1. The zero-order valence-corrected chi connectivity index (χ0v) is 13.6. The molecule has 0 saturated carbocycles. The number of aromatic nitrogens is 3. The van der Waals surface area contributed by atoms with Gasteiger partial charge in [-0.2, -0.15) is 0 Å². The highest BCUT2D eigenvalue weighted by atomic mass is 32.1. The van der Waals surface area contributed by atoms with E-state index in [9.17, 15) is 4.79 Å². The fourth-order valence-electron chi connectivity index (χ4n) is 2.70. The van der Waals surface area contributed by atoms with E-state index in [1.807, 2.05) is 24.3 Å². The molecule has 2 aromatic heterocycles. The van der Waals surface area contributed by atoms with E-state index in [1.54, 1.807) is 6.20 Å². The molecule has 4 rings (SSSR count). The van der Waals surface area contributed by atoms with Gasteiger partial charge in [0.15, 0.2) is 0 Å². The zero-order chi connectivity index (χ0) is 15.8.